The van der Waals surface area contributed by atoms with Crippen LogP contribution in [0.2, 0.25) is 0 Å². The normalized spacial score (nSPS) is 13.6. The highest BCUT2D eigenvalue weighted by Crippen LogP contribution is 2.14. The second kappa shape index (κ2) is 47.0. The first-order valence-corrected chi connectivity index (χ1v) is 26.1. The number of hydrogen-bond acceptors (Lipinski definition) is 6. The minimum atomic E-state index is -0.885. The average Bonchev–Trinajstić information content (AvgIpc) is 3.27. The maximum absolute atomic E-state index is 12.8. The summed E-state index contributed by atoms with van der Waals surface area (Å²) in [4.78, 5) is 37.2. The lowest BCUT2D eigenvalue weighted by Gasteiger charge is -2.31. The highest BCUT2D eigenvalue weighted by atomic mass is 16.6. The van der Waals surface area contributed by atoms with Crippen LogP contribution in [0, 0.1) is 0 Å². The summed E-state index contributed by atoms with van der Waals surface area (Å²) in [5.74, 6) is -1.55. The van der Waals surface area contributed by atoms with Crippen molar-refractivity contribution in [3.8, 4) is 0 Å². The molecule has 0 aliphatic carbocycles. The van der Waals surface area contributed by atoms with E-state index in [0.29, 0.717) is 19.3 Å². The van der Waals surface area contributed by atoms with Gasteiger partial charge in [0, 0.05) is 19.3 Å². The lowest BCUT2D eigenvalue weighted by Crippen LogP contribution is -2.50. The predicted molar refractivity (Wildman–Crippen MR) is 275 cm³/mol. The molecule has 8 nitrogen and oxygen atoms in total. The molecule has 0 aliphatic rings. The number of likely N-dealkylation sites (N-methyl/N-ethyl adjacent to an activating group) is 1. The fourth-order valence-corrected chi connectivity index (χ4v) is 7.28. The number of carboxylic acids is 1. The largest absolute Gasteiger partial charge is 0.477 e. The minimum Gasteiger partial charge on any atom is -0.477 e. The molecule has 0 saturated carbocycles. The fraction of sp³-hybridized carbons (Fsp3) is 0.702. The Balaban J connectivity index is 4.35. The molecule has 0 aromatic carbocycles. The summed E-state index contributed by atoms with van der Waals surface area (Å²) >= 11 is 0. The molecule has 0 radical (unpaired) electrons. The van der Waals surface area contributed by atoms with Crippen molar-refractivity contribution in [1.82, 2.24) is 0 Å². The number of carbonyl (C=O) groups excluding carboxylic acids is 2. The zero-order valence-corrected chi connectivity index (χ0v) is 42.4. The molecule has 0 rings (SSSR count). The second-order valence-electron chi connectivity index (χ2n) is 18.4. The summed E-state index contributed by atoms with van der Waals surface area (Å²) in [6, 6.07) is -0.629. The van der Waals surface area contributed by atoms with E-state index in [1.54, 1.807) is 0 Å². The summed E-state index contributed by atoms with van der Waals surface area (Å²) < 4.78 is 17.3. The second-order valence-corrected chi connectivity index (χ2v) is 18.4. The SMILES string of the molecule is CC/C=C/C/C=C/C/C=C/C/C=C/C/C=C/C/C=C/CCCC(=O)OCC(COCCC(C(=O)O)[N+](C)(C)C)OC(=O)CCCCCCCCC/C=C/CCCCCCCCCCCC. The van der Waals surface area contributed by atoms with E-state index in [9.17, 15) is 19.5 Å². The first kappa shape index (κ1) is 61.5. The summed E-state index contributed by atoms with van der Waals surface area (Å²) in [6.07, 6.45) is 62.2. The molecule has 0 heterocycles. The Bertz CT molecular complexity index is 1330. The predicted octanol–water partition coefficient (Wildman–Crippen LogP) is 15.3. The highest BCUT2D eigenvalue weighted by Gasteiger charge is 2.31. The average molecular weight is 909 g/mol. The minimum absolute atomic E-state index is 0.0372. The maximum atomic E-state index is 12.8. The Morgan fingerprint density at radius 1 is 0.477 bits per heavy atom. The zero-order chi connectivity index (χ0) is 47.7. The van der Waals surface area contributed by atoms with Gasteiger partial charge in [0.05, 0.1) is 34.4 Å². The van der Waals surface area contributed by atoms with Gasteiger partial charge in [0.2, 0.25) is 0 Å². The number of aliphatic carboxylic acids is 1. The van der Waals surface area contributed by atoms with Gasteiger partial charge in [0.1, 0.15) is 6.61 Å². The third-order valence-electron chi connectivity index (χ3n) is 11.3. The molecule has 0 aromatic rings. The molecule has 0 saturated heterocycles. The van der Waals surface area contributed by atoms with Gasteiger partial charge in [0.25, 0.3) is 0 Å². The van der Waals surface area contributed by atoms with Crippen LogP contribution in [0.15, 0.2) is 85.1 Å². The van der Waals surface area contributed by atoms with Gasteiger partial charge in [-0.15, -0.1) is 0 Å². The van der Waals surface area contributed by atoms with Crippen molar-refractivity contribution in [3.63, 3.8) is 0 Å². The number of carboxylic acid groups (broad SMARTS) is 1. The van der Waals surface area contributed by atoms with E-state index in [2.05, 4.69) is 98.9 Å². The van der Waals surface area contributed by atoms with Crippen LogP contribution < -0.4 is 0 Å². The van der Waals surface area contributed by atoms with Crippen molar-refractivity contribution < 1.29 is 38.2 Å². The van der Waals surface area contributed by atoms with E-state index in [1.165, 1.54) is 103 Å². The van der Waals surface area contributed by atoms with Crippen molar-refractivity contribution in [2.75, 3.05) is 41.0 Å². The fourth-order valence-electron chi connectivity index (χ4n) is 7.28. The Morgan fingerprint density at radius 3 is 1.34 bits per heavy atom. The number of rotatable bonds is 46. The molecule has 372 valence electrons. The molecular formula is C57H98NO7+. The van der Waals surface area contributed by atoms with Crippen molar-refractivity contribution in [2.24, 2.45) is 0 Å². The lowest BCUT2D eigenvalue weighted by atomic mass is 10.1. The van der Waals surface area contributed by atoms with E-state index < -0.39 is 18.1 Å². The molecule has 0 fully saturated rings. The Kier molecular flexibility index (Phi) is 44.5. The Labute approximate surface area is 399 Å². The molecular weight excluding hydrogens is 811 g/mol. The molecule has 0 aliphatic heterocycles. The molecule has 0 spiro atoms. The van der Waals surface area contributed by atoms with E-state index in [1.807, 2.05) is 21.1 Å². The molecule has 2 atom stereocenters. The number of carbonyl (C=O) groups is 3. The van der Waals surface area contributed by atoms with E-state index in [0.717, 1.165) is 64.2 Å². The van der Waals surface area contributed by atoms with Gasteiger partial charge in [-0.25, -0.2) is 4.79 Å². The van der Waals surface area contributed by atoms with Gasteiger partial charge in [-0.05, 0) is 83.5 Å². The standard InChI is InChI=1S/C57H97NO7/c1-6-8-10-12-14-16-18-20-22-24-26-28-30-32-34-36-38-40-42-44-46-48-56(60)65-53(51-63-50-49-54(57(61)62)58(3,4)5)52-64-55(59)47-45-43-41-39-37-35-33-31-29-27-25-23-21-19-17-15-13-11-9-7-2/h9,11,15,17,21,23,27-30,33,35,39,41,53-54H,6-8,10,12-14,16,18-20,22,24-26,31-32,34,36-38,40,42-52H2,1-5H3/p+1/b11-9+,17-15+,23-21+,29-27+,30-28+,35-33+,41-39+. The summed E-state index contributed by atoms with van der Waals surface area (Å²) in [5.41, 5.74) is 0. The number of ether oxygens (including phenoxy) is 3. The molecule has 2 unspecified atom stereocenters. The van der Waals surface area contributed by atoms with Crippen molar-refractivity contribution in [2.45, 2.75) is 219 Å². The topological polar surface area (TPSA) is 99.1 Å². The van der Waals surface area contributed by atoms with Crippen LogP contribution in [-0.4, -0.2) is 80.6 Å². The summed E-state index contributed by atoms with van der Waals surface area (Å²) in [7, 11) is 5.51. The van der Waals surface area contributed by atoms with Crippen LogP contribution in [-0.2, 0) is 28.6 Å². The molecule has 0 bridgehead atoms. The lowest BCUT2D eigenvalue weighted by molar-refractivity contribution is -0.887. The zero-order valence-electron chi connectivity index (χ0n) is 42.4. The summed E-state index contributed by atoms with van der Waals surface area (Å²) in [5, 5.41) is 9.66. The Hall–Kier alpha value is -3.49. The van der Waals surface area contributed by atoms with Gasteiger partial charge < -0.3 is 23.8 Å². The van der Waals surface area contributed by atoms with Crippen LogP contribution in [0.3, 0.4) is 0 Å². The van der Waals surface area contributed by atoms with Gasteiger partial charge in [-0.2, -0.15) is 0 Å². The number of unbranched alkanes of at least 4 members (excludes halogenated alkanes) is 18. The number of esters is 2. The van der Waals surface area contributed by atoms with E-state index >= 15 is 0 Å². The number of quaternary nitrogens is 1. The number of nitrogens with zero attached hydrogens (tertiary/aromatic N) is 1. The van der Waals surface area contributed by atoms with Crippen LogP contribution in [0.5, 0.6) is 0 Å². The van der Waals surface area contributed by atoms with Gasteiger partial charge in [0.15, 0.2) is 12.1 Å². The molecule has 0 aromatic heterocycles. The summed E-state index contributed by atoms with van der Waals surface area (Å²) in [6.45, 7) is 4.57. The van der Waals surface area contributed by atoms with Crippen molar-refractivity contribution in [3.05, 3.63) is 85.1 Å². The first-order chi connectivity index (χ1) is 31.6. The first-order valence-electron chi connectivity index (χ1n) is 26.1. The van der Waals surface area contributed by atoms with E-state index in [-0.39, 0.29) is 42.7 Å². The van der Waals surface area contributed by atoms with Crippen molar-refractivity contribution in [1.29, 1.82) is 0 Å². The highest BCUT2D eigenvalue weighted by molar-refractivity contribution is 5.72. The monoisotopic (exact) mass is 909 g/mol. The smallest absolute Gasteiger partial charge is 0.362 e. The molecule has 8 heteroatoms. The Morgan fingerprint density at radius 2 is 0.877 bits per heavy atom. The number of allylic oxidation sites excluding steroid dienone is 14. The maximum Gasteiger partial charge on any atom is 0.362 e. The van der Waals surface area contributed by atoms with Crippen LogP contribution in [0.25, 0.3) is 0 Å². The van der Waals surface area contributed by atoms with E-state index in [4.69, 9.17) is 14.2 Å². The molecule has 65 heavy (non-hydrogen) atoms. The molecule has 0 amide bonds. The van der Waals surface area contributed by atoms with Crippen LogP contribution in [0.1, 0.15) is 206 Å². The number of hydrogen-bond donors (Lipinski definition) is 1. The molecule has 1 N–H and O–H groups in total. The van der Waals surface area contributed by atoms with Gasteiger partial charge in [-0.1, -0.05) is 189 Å². The third kappa shape index (κ3) is 45.5. The van der Waals surface area contributed by atoms with Crippen LogP contribution >= 0.6 is 0 Å². The quantitative estimate of drug-likeness (QED) is 0.0281. The van der Waals surface area contributed by atoms with Crippen molar-refractivity contribution >= 4 is 17.9 Å². The third-order valence-corrected chi connectivity index (χ3v) is 11.3. The van der Waals surface area contributed by atoms with Gasteiger partial charge >= 0.3 is 17.9 Å². The van der Waals surface area contributed by atoms with Gasteiger partial charge in [-0.3, -0.25) is 9.59 Å². The van der Waals surface area contributed by atoms with Crippen LogP contribution in [0.4, 0.5) is 0 Å².